The summed E-state index contributed by atoms with van der Waals surface area (Å²) in [7, 11) is 1.50. The molecule has 0 aromatic heterocycles. The van der Waals surface area contributed by atoms with Crippen LogP contribution in [0.4, 0.5) is 4.39 Å². The average molecular weight is 375 g/mol. The van der Waals surface area contributed by atoms with Gasteiger partial charge in [0.1, 0.15) is 17.3 Å². The Morgan fingerprint density at radius 1 is 1.19 bits per heavy atom. The summed E-state index contributed by atoms with van der Waals surface area (Å²) < 4.78 is 23.9. The topological polar surface area (TPSA) is 84.9 Å². The van der Waals surface area contributed by atoms with Crippen LogP contribution in [0.3, 0.4) is 0 Å². The fourth-order valence-corrected chi connectivity index (χ4v) is 2.66. The molecule has 2 atom stereocenters. The maximum Gasteiger partial charge on any atom is 0.306 e. The molecule has 0 fully saturated rings. The van der Waals surface area contributed by atoms with Crippen LogP contribution in [-0.4, -0.2) is 30.2 Å². The van der Waals surface area contributed by atoms with Crippen LogP contribution in [-0.2, 0) is 15.1 Å². The number of carbonyl (C=O) groups is 2. The molecule has 6 nitrogen and oxygen atoms in total. The molecule has 2 aromatic carbocycles. The number of carboxylic acids is 1. The first-order chi connectivity index (χ1) is 12.7. The lowest BCUT2D eigenvalue weighted by Gasteiger charge is -2.31. The van der Waals surface area contributed by atoms with Gasteiger partial charge in [0.2, 0.25) is 0 Å². The SMILES string of the molecule is COc1cccc(C(C)(CC(=O)O)NC(=O)C(C)Oc2cccc(F)c2)c1. The maximum absolute atomic E-state index is 13.3. The Balaban J connectivity index is 2.21. The van der Waals surface area contributed by atoms with E-state index in [1.807, 2.05) is 0 Å². The summed E-state index contributed by atoms with van der Waals surface area (Å²) in [5.74, 6) is -1.32. The van der Waals surface area contributed by atoms with Crippen molar-refractivity contribution in [3.05, 3.63) is 59.9 Å². The van der Waals surface area contributed by atoms with Crippen molar-refractivity contribution in [3.8, 4) is 11.5 Å². The number of hydrogen-bond donors (Lipinski definition) is 2. The molecular weight excluding hydrogens is 353 g/mol. The van der Waals surface area contributed by atoms with E-state index in [4.69, 9.17) is 9.47 Å². The summed E-state index contributed by atoms with van der Waals surface area (Å²) in [5, 5.41) is 12.0. The smallest absolute Gasteiger partial charge is 0.306 e. The summed E-state index contributed by atoms with van der Waals surface area (Å²) in [6.45, 7) is 3.12. The molecular formula is C20H22FNO5. The van der Waals surface area contributed by atoms with E-state index in [1.165, 1.54) is 38.3 Å². The van der Waals surface area contributed by atoms with Crippen LogP contribution in [0.1, 0.15) is 25.8 Å². The van der Waals surface area contributed by atoms with Crippen molar-refractivity contribution in [3.63, 3.8) is 0 Å². The second kappa shape index (κ2) is 8.53. The molecule has 0 spiro atoms. The summed E-state index contributed by atoms with van der Waals surface area (Å²) in [6.07, 6.45) is -1.29. The molecule has 2 rings (SSSR count). The fourth-order valence-electron chi connectivity index (χ4n) is 2.66. The lowest BCUT2D eigenvalue weighted by molar-refractivity contribution is -0.139. The van der Waals surface area contributed by atoms with E-state index < -0.39 is 29.3 Å². The van der Waals surface area contributed by atoms with Crippen molar-refractivity contribution >= 4 is 11.9 Å². The van der Waals surface area contributed by atoms with Crippen molar-refractivity contribution in [1.29, 1.82) is 0 Å². The summed E-state index contributed by atoms with van der Waals surface area (Å²) in [5.41, 5.74) is -0.604. The molecule has 144 valence electrons. The highest BCUT2D eigenvalue weighted by atomic mass is 19.1. The molecule has 7 heteroatoms. The average Bonchev–Trinajstić information content (AvgIpc) is 2.61. The number of nitrogens with one attached hydrogen (secondary N) is 1. The van der Waals surface area contributed by atoms with Crippen LogP contribution in [0.15, 0.2) is 48.5 Å². The summed E-state index contributed by atoms with van der Waals surface area (Å²) in [6, 6.07) is 12.3. The number of carboxylic acid groups (broad SMARTS) is 1. The molecule has 0 saturated carbocycles. The number of rotatable bonds is 8. The van der Waals surface area contributed by atoms with Gasteiger partial charge in [-0.1, -0.05) is 18.2 Å². The molecule has 2 unspecified atom stereocenters. The van der Waals surface area contributed by atoms with Crippen LogP contribution in [0, 0.1) is 5.82 Å². The van der Waals surface area contributed by atoms with Gasteiger partial charge in [0.15, 0.2) is 6.10 Å². The Hall–Kier alpha value is -3.09. The minimum absolute atomic E-state index is 0.207. The number of hydrogen-bond acceptors (Lipinski definition) is 4. The van der Waals surface area contributed by atoms with Crippen molar-refractivity contribution < 1.29 is 28.6 Å². The molecule has 0 radical (unpaired) electrons. The van der Waals surface area contributed by atoms with Gasteiger partial charge in [-0.25, -0.2) is 4.39 Å². The molecule has 2 aromatic rings. The van der Waals surface area contributed by atoms with Gasteiger partial charge in [0, 0.05) is 6.07 Å². The van der Waals surface area contributed by atoms with Crippen LogP contribution in [0.2, 0.25) is 0 Å². The molecule has 0 bridgehead atoms. The third-order valence-electron chi connectivity index (χ3n) is 4.09. The molecule has 0 saturated heterocycles. The first-order valence-corrected chi connectivity index (χ1v) is 8.34. The van der Waals surface area contributed by atoms with Crippen LogP contribution in [0.25, 0.3) is 0 Å². The minimum atomic E-state index is -1.18. The van der Waals surface area contributed by atoms with Gasteiger partial charge in [-0.3, -0.25) is 9.59 Å². The molecule has 0 heterocycles. The Labute approximate surface area is 156 Å². The summed E-state index contributed by atoms with van der Waals surface area (Å²) in [4.78, 5) is 24.0. The van der Waals surface area contributed by atoms with Crippen molar-refractivity contribution in [2.45, 2.75) is 31.9 Å². The standard InChI is InChI=1S/C20H22FNO5/c1-13(27-17-9-5-7-15(21)11-17)19(25)22-20(2,12-18(23)24)14-6-4-8-16(10-14)26-3/h4-11,13H,12H2,1-3H3,(H,22,25)(H,23,24). The Morgan fingerprint density at radius 2 is 1.85 bits per heavy atom. The van der Waals surface area contributed by atoms with Crippen molar-refractivity contribution in [1.82, 2.24) is 5.32 Å². The summed E-state index contributed by atoms with van der Waals surface area (Å²) >= 11 is 0. The Kier molecular flexibility index (Phi) is 6.39. The van der Waals surface area contributed by atoms with E-state index in [2.05, 4.69) is 5.32 Å². The van der Waals surface area contributed by atoms with Gasteiger partial charge in [-0.2, -0.15) is 0 Å². The normalized spacial score (nSPS) is 13.9. The van der Waals surface area contributed by atoms with Crippen LogP contribution in [0.5, 0.6) is 11.5 Å². The third-order valence-corrected chi connectivity index (χ3v) is 4.09. The van der Waals surface area contributed by atoms with Crippen molar-refractivity contribution in [2.24, 2.45) is 0 Å². The number of methoxy groups -OCH3 is 1. The van der Waals surface area contributed by atoms with E-state index in [-0.39, 0.29) is 12.2 Å². The first-order valence-electron chi connectivity index (χ1n) is 8.34. The highest BCUT2D eigenvalue weighted by Crippen LogP contribution is 2.28. The van der Waals surface area contributed by atoms with Gasteiger partial charge < -0.3 is 19.9 Å². The number of aliphatic carboxylic acids is 1. The minimum Gasteiger partial charge on any atom is -0.497 e. The highest BCUT2D eigenvalue weighted by Gasteiger charge is 2.33. The fraction of sp³-hybridized carbons (Fsp3) is 0.300. The Bertz CT molecular complexity index is 826. The molecule has 2 N–H and O–H groups in total. The van der Waals surface area contributed by atoms with Gasteiger partial charge in [-0.05, 0) is 43.7 Å². The highest BCUT2D eigenvalue weighted by molar-refractivity contribution is 5.82. The molecule has 0 aliphatic carbocycles. The second-order valence-corrected chi connectivity index (χ2v) is 6.34. The predicted molar refractivity (Wildman–Crippen MR) is 97.2 cm³/mol. The zero-order valence-electron chi connectivity index (χ0n) is 15.4. The second-order valence-electron chi connectivity index (χ2n) is 6.34. The monoisotopic (exact) mass is 375 g/mol. The van der Waals surface area contributed by atoms with E-state index in [0.717, 1.165) is 0 Å². The van der Waals surface area contributed by atoms with E-state index >= 15 is 0 Å². The molecule has 27 heavy (non-hydrogen) atoms. The number of halogens is 1. The van der Waals surface area contributed by atoms with Crippen molar-refractivity contribution in [2.75, 3.05) is 7.11 Å². The van der Waals surface area contributed by atoms with Crippen LogP contribution < -0.4 is 14.8 Å². The van der Waals surface area contributed by atoms with Gasteiger partial charge in [-0.15, -0.1) is 0 Å². The number of ether oxygens (including phenoxy) is 2. The molecule has 0 aliphatic rings. The lowest BCUT2D eigenvalue weighted by atomic mass is 9.88. The molecule has 0 aliphatic heterocycles. The third kappa shape index (κ3) is 5.44. The Morgan fingerprint density at radius 3 is 2.48 bits per heavy atom. The zero-order valence-corrected chi connectivity index (χ0v) is 15.4. The quantitative estimate of drug-likeness (QED) is 0.741. The van der Waals surface area contributed by atoms with Gasteiger partial charge >= 0.3 is 5.97 Å². The maximum atomic E-state index is 13.3. The van der Waals surface area contributed by atoms with Crippen LogP contribution >= 0.6 is 0 Å². The lowest BCUT2D eigenvalue weighted by Crippen LogP contribution is -2.49. The zero-order chi connectivity index (χ0) is 20.0. The van der Waals surface area contributed by atoms with E-state index in [1.54, 1.807) is 31.2 Å². The number of benzene rings is 2. The van der Waals surface area contributed by atoms with Gasteiger partial charge in [0.05, 0.1) is 19.1 Å². The predicted octanol–water partition coefficient (Wildman–Crippen LogP) is 3.11. The largest absolute Gasteiger partial charge is 0.497 e. The molecule has 1 amide bonds. The van der Waals surface area contributed by atoms with E-state index in [9.17, 15) is 19.1 Å². The van der Waals surface area contributed by atoms with Gasteiger partial charge in [0.25, 0.3) is 5.91 Å². The number of amides is 1. The van der Waals surface area contributed by atoms with E-state index in [0.29, 0.717) is 11.3 Å². The number of carbonyl (C=O) groups excluding carboxylic acids is 1. The first kappa shape index (κ1) is 20.2.